The summed E-state index contributed by atoms with van der Waals surface area (Å²) in [5.74, 6) is -0.341. The molecule has 1 aromatic rings. The largest absolute Gasteiger partial charge is 0.389 e. The molecule has 1 unspecified atom stereocenters. The number of carbonyl (C=O) groups excluding carboxylic acids is 1. The lowest BCUT2D eigenvalue weighted by atomic mass is 10.2. The van der Waals surface area contributed by atoms with Gasteiger partial charge >= 0.3 is 0 Å². The van der Waals surface area contributed by atoms with Crippen molar-refractivity contribution in [3.05, 3.63) is 28.8 Å². The summed E-state index contributed by atoms with van der Waals surface area (Å²) in [6.07, 6.45) is 0. The summed E-state index contributed by atoms with van der Waals surface area (Å²) in [4.78, 5) is 11.6. The number of amides is 1. The Labute approximate surface area is 133 Å². The molecule has 1 saturated heterocycles. The van der Waals surface area contributed by atoms with E-state index in [0.717, 1.165) is 4.31 Å². The van der Waals surface area contributed by atoms with Crippen LogP contribution in [0.15, 0.2) is 23.1 Å². The molecule has 1 atom stereocenters. The molecule has 0 aliphatic carbocycles. The molecule has 0 saturated carbocycles. The third-order valence-electron chi connectivity index (χ3n) is 3.25. The summed E-state index contributed by atoms with van der Waals surface area (Å²) in [7, 11) is -3.91. The second-order valence-electron chi connectivity index (χ2n) is 4.59. The van der Waals surface area contributed by atoms with Crippen LogP contribution >= 0.6 is 23.8 Å². The van der Waals surface area contributed by atoms with Gasteiger partial charge in [-0.1, -0.05) is 29.9 Å². The number of benzene rings is 1. The van der Waals surface area contributed by atoms with Crippen LogP contribution in [-0.4, -0.2) is 42.8 Å². The monoisotopic (exact) mass is 347 g/mol. The van der Waals surface area contributed by atoms with E-state index in [1.54, 1.807) is 6.07 Å². The minimum atomic E-state index is -3.91. The molecule has 0 aromatic heterocycles. The van der Waals surface area contributed by atoms with E-state index in [9.17, 15) is 13.2 Å². The molecule has 9 heteroatoms. The van der Waals surface area contributed by atoms with Gasteiger partial charge in [-0.15, -0.1) is 0 Å². The predicted octanol–water partition coefficient (Wildman–Crippen LogP) is 0.483. The number of rotatable bonds is 3. The van der Waals surface area contributed by atoms with Crippen LogP contribution in [0.5, 0.6) is 0 Å². The number of halogens is 1. The fourth-order valence-electron chi connectivity index (χ4n) is 2.07. The Bertz CT molecular complexity index is 706. The van der Waals surface area contributed by atoms with Gasteiger partial charge < -0.3 is 11.1 Å². The van der Waals surface area contributed by atoms with Crippen LogP contribution in [0.1, 0.15) is 12.5 Å². The first-order chi connectivity index (χ1) is 9.75. The van der Waals surface area contributed by atoms with E-state index in [0.29, 0.717) is 5.56 Å². The van der Waals surface area contributed by atoms with Crippen molar-refractivity contribution in [2.75, 3.05) is 13.1 Å². The fraction of sp³-hybridized carbons (Fsp3) is 0.333. The first-order valence-corrected chi connectivity index (χ1v) is 8.36. The molecule has 114 valence electrons. The quantitative estimate of drug-likeness (QED) is 0.776. The molecule has 1 aromatic carbocycles. The molecular formula is C12H14ClN3O3S2. The van der Waals surface area contributed by atoms with Gasteiger partial charge in [0, 0.05) is 18.7 Å². The lowest BCUT2D eigenvalue weighted by Gasteiger charge is -2.32. The number of nitrogens with two attached hydrogens (primary N) is 1. The maximum atomic E-state index is 12.7. The Kier molecular flexibility index (Phi) is 4.52. The summed E-state index contributed by atoms with van der Waals surface area (Å²) in [5.41, 5.74) is 5.92. The Balaban J connectivity index is 2.51. The Morgan fingerprint density at radius 2 is 2.19 bits per heavy atom. The number of sulfonamides is 1. The molecule has 1 heterocycles. The predicted molar refractivity (Wildman–Crippen MR) is 83.7 cm³/mol. The van der Waals surface area contributed by atoms with Crippen LogP contribution < -0.4 is 11.1 Å². The normalized spacial score (nSPS) is 20.1. The Hall–Kier alpha value is -1.22. The van der Waals surface area contributed by atoms with E-state index < -0.39 is 16.1 Å². The molecule has 1 aliphatic heterocycles. The molecule has 0 spiro atoms. The van der Waals surface area contributed by atoms with E-state index in [1.165, 1.54) is 19.1 Å². The zero-order valence-corrected chi connectivity index (χ0v) is 13.6. The number of hydrogen-bond acceptors (Lipinski definition) is 4. The topological polar surface area (TPSA) is 92.5 Å². The number of nitrogens with zero attached hydrogens (tertiary/aromatic N) is 1. The number of piperazine rings is 1. The lowest BCUT2D eigenvalue weighted by molar-refractivity contribution is -0.126. The van der Waals surface area contributed by atoms with Crippen LogP contribution in [-0.2, 0) is 14.8 Å². The van der Waals surface area contributed by atoms with E-state index in [2.05, 4.69) is 5.32 Å². The first-order valence-electron chi connectivity index (χ1n) is 6.14. The van der Waals surface area contributed by atoms with Crippen molar-refractivity contribution in [1.29, 1.82) is 0 Å². The molecular weight excluding hydrogens is 334 g/mol. The van der Waals surface area contributed by atoms with Gasteiger partial charge in [0.25, 0.3) is 0 Å². The summed E-state index contributed by atoms with van der Waals surface area (Å²) < 4.78 is 26.6. The van der Waals surface area contributed by atoms with Gasteiger partial charge in [-0.2, -0.15) is 4.31 Å². The van der Waals surface area contributed by atoms with Crippen LogP contribution in [0.2, 0.25) is 5.02 Å². The van der Waals surface area contributed by atoms with Crippen molar-refractivity contribution in [1.82, 2.24) is 9.62 Å². The number of thiocarbonyl (C=S) groups is 1. The summed E-state index contributed by atoms with van der Waals surface area (Å²) in [6, 6.07) is 3.51. The van der Waals surface area contributed by atoms with Gasteiger partial charge in [-0.25, -0.2) is 8.42 Å². The van der Waals surface area contributed by atoms with Gasteiger partial charge in [-0.05, 0) is 19.1 Å². The van der Waals surface area contributed by atoms with Crippen molar-refractivity contribution in [2.45, 2.75) is 17.9 Å². The van der Waals surface area contributed by atoms with Crippen molar-refractivity contribution in [3.63, 3.8) is 0 Å². The third-order valence-corrected chi connectivity index (χ3v) is 5.93. The first kappa shape index (κ1) is 16.2. The molecule has 1 fully saturated rings. The van der Waals surface area contributed by atoms with Gasteiger partial charge in [0.05, 0.1) is 5.02 Å². The van der Waals surface area contributed by atoms with E-state index in [1.807, 2.05) is 0 Å². The van der Waals surface area contributed by atoms with Crippen molar-refractivity contribution in [3.8, 4) is 0 Å². The fourth-order valence-corrected chi connectivity index (χ4v) is 4.29. The van der Waals surface area contributed by atoms with Crippen LogP contribution in [0.25, 0.3) is 0 Å². The van der Waals surface area contributed by atoms with Crippen LogP contribution in [0.4, 0.5) is 0 Å². The number of hydrogen-bond donors (Lipinski definition) is 2. The SMILES string of the molecule is CC1C(=O)NCCN1S(=O)(=O)c1cc(C(N)=S)ccc1Cl. The number of carbonyl (C=O) groups is 1. The van der Waals surface area contributed by atoms with Crippen molar-refractivity contribution in [2.24, 2.45) is 5.73 Å². The van der Waals surface area contributed by atoms with Gasteiger partial charge in [0.2, 0.25) is 15.9 Å². The molecule has 21 heavy (non-hydrogen) atoms. The smallest absolute Gasteiger partial charge is 0.245 e. The summed E-state index contributed by atoms with van der Waals surface area (Å²) in [6.45, 7) is 1.97. The lowest BCUT2D eigenvalue weighted by Crippen LogP contribution is -2.55. The molecule has 1 aliphatic rings. The van der Waals surface area contributed by atoms with Crippen LogP contribution in [0, 0.1) is 0 Å². The van der Waals surface area contributed by atoms with E-state index in [4.69, 9.17) is 29.6 Å². The molecule has 0 radical (unpaired) electrons. The zero-order valence-electron chi connectivity index (χ0n) is 11.2. The second-order valence-corrected chi connectivity index (χ2v) is 7.30. The highest BCUT2D eigenvalue weighted by molar-refractivity contribution is 7.89. The highest BCUT2D eigenvalue weighted by atomic mass is 35.5. The minimum Gasteiger partial charge on any atom is -0.389 e. The zero-order chi connectivity index (χ0) is 15.8. The van der Waals surface area contributed by atoms with Gasteiger partial charge in [0.1, 0.15) is 15.9 Å². The van der Waals surface area contributed by atoms with Gasteiger partial charge in [-0.3, -0.25) is 4.79 Å². The average molecular weight is 348 g/mol. The van der Waals surface area contributed by atoms with Gasteiger partial charge in [0.15, 0.2) is 0 Å². The van der Waals surface area contributed by atoms with Crippen molar-refractivity contribution >= 4 is 44.7 Å². The summed E-state index contributed by atoms with van der Waals surface area (Å²) >= 11 is 10.8. The highest BCUT2D eigenvalue weighted by Gasteiger charge is 2.36. The summed E-state index contributed by atoms with van der Waals surface area (Å²) in [5, 5.41) is 2.67. The standard InChI is InChI=1S/C12H14ClN3O3S2/c1-7-12(17)15-4-5-16(7)21(18,19)10-6-8(11(14)20)2-3-9(10)13/h2-3,6-7H,4-5H2,1H3,(H2,14,20)(H,15,17). The van der Waals surface area contributed by atoms with Crippen LogP contribution in [0.3, 0.4) is 0 Å². The molecule has 2 rings (SSSR count). The van der Waals surface area contributed by atoms with E-state index >= 15 is 0 Å². The van der Waals surface area contributed by atoms with E-state index in [-0.39, 0.29) is 33.9 Å². The Morgan fingerprint density at radius 1 is 1.52 bits per heavy atom. The molecule has 3 N–H and O–H groups in total. The maximum absolute atomic E-state index is 12.7. The Morgan fingerprint density at radius 3 is 2.81 bits per heavy atom. The molecule has 1 amide bonds. The second kappa shape index (κ2) is 5.88. The third kappa shape index (κ3) is 3.03. The minimum absolute atomic E-state index is 0.0631. The average Bonchev–Trinajstić information content (AvgIpc) is 2.41. The molecule has 6 nitrogen and oxygen atoms in total. The maximum Gasteiger partial charge on any atom is 0.245 e. The van der Waals surface area contributed by atoms with Crippen molar-refractivity contribution < 1.29 is 13.2 Å². The molecule has 0 bridgehead atoms. The number of nitrogens with one attached hydrogen (secondary N) is 1. The highest BCUT2D eigenvalue weighted by Crippen LogP contribution is 2.27.